The van der Waals surface area contributed by atoms with Gasteiger partial charge >= 0.3 is 12.1 Å². The number of nitrogens with zero attached hydrogens (tertiary/aromatic N) is 1. The second-order valence-electron chi connectivity index (χ2n) is 9.54. The van der Waals surface area contributed by atoms with E-state index in [4.69, 9.17) is 14.6 Å². The van der Waals surface area contributed by atoms with Crippen LogP contribution in [0.15, 0.2) is 48.5 Å². The normalized spacial score (nSPS) is 16.6. The fourth-order valence-corrected chi connectivity index (χ4v) is 4.99. The summed E-state index contributed by atoms with van der Waals surface area (Å²) in [5, 5.41) is 11.7. The summed E-state index contributed by atoms with van der Waals surface area (Å²) in [4.78, 5) is 37.7. The van der Waals surface area contributed by atoms with Gasteiger partial charge in [0.05, 0.1) is 13.1 Å². The number of likely N-dealkylation sites (tertiary alicyclic amines) is 1. The first-order chi connectivity index (χ1) is 16.8. The Morgan fingerprint density at radius 3 is 2.26 bits per heavy atom. The molecule has 186 valence electrons. The lowest BCUT2D eigenvalue weighted by molar-refractivity contribution is -0.173. The van der Waals surface area contributed by atoms with E-state index in [0.29, 0.717) is 19.5 Å². The summed E-state index contributed by atoms with van der Waals surface area (Å²) in [5.74, 6) is -1.16. The first kappa shape index (κ1) is 24.7. The highest BCUT2D eigenvalue weighted by molar-refractivity contribution is 5.80. The number of aliphatic carboxylic acids is 1. The molecule has 0 saturated carbocycles. The average molecular weight is 481 g/mol. The number of ether oxygens (including phenoxy) is 2. The zero-order chi connectivity index (χ0) is 25.0. The first-order valence-electron chi connectivity index (χ1n) is 12.0. The van der Waals surface area contributed by atoms with E-state index >= 15 is 0 Å². The van der Waals surface area contributed by atoms with Crippen LogP contribution in [-0.2, 0) is 19.1 Å². The predicted molar refractivity (Wildman–Crippen MR) is 130 cm³/mol. The molecule has 0 aromatic heterocycles. The predicted octanol–water partition coefficient (Wildman–Crippen LogP) is 3.79. The summed E-state index contributed by atoms with van der Waals surface area (Å²) >= 11 is 0. The number of carbonyl (C=O) groups excluding carboxylic acids is 2. The molecular weight excluding hydrogens is 448 g/mol. The van der Waals surface area contributed by atoms with E-state index in [2.05, 4.69) is 29.6 Å². The third-order valence-corrected chi connectivity index (χ3v) is 6.67. The topological polar surface area (TPSA) is 105 Å². The number of carboxylic acid groups (broad SMARTS) is 1. The van der Waals surface area contributed by atoms with Crippen molar-refractivity contribution in [3.63, 3.8) is 0 Å². The van der Waals surface area contributed by atoms with Crippen LogP contribution in [0.3, 0.4) is 0 Å². The fourth-order valence-electron chi connectivity index (χ4n) is 4.99. The highest BCUT2D eigenvalue weighted by Gasteiger charge is 2.43. The molecule has 0 bridgehead atoms. The van der Waals surface area contributed by atoms with Crippen molar-refractivity contribution in [2.75, 3.05) is 26.3 Å². The molecule has 0 spiro atoms. The SMILES string of the molecule is CCC[C@H](CC(=O)N1CC(C)(OCC(=O)O)C1)NC(=O)OCC1c2ccccc2-c2ccccc21. The number of fused-ring (bicyclic) bond motifs is 3. The molecule has 1 saturated heterocycles. The molecular formula is C27H32N2O6. The molecule has 8 nitrogen and oxygen atoms in total. The second kappa shape index (κ2) is 10.5. The zero-order valence-electron chi connectivity index (χ0n) is 20.2. The van der Waals surface area contributed by atoms with Gasteiger partial charge in [-0.15, -0.1) is 0 Å². The van der Waals surface area contributed by atoms with Crippen molar-refractivity contribution in [1.29, 1.82) is 0 Å². The van der Waals surface area contributed by atoms with Gasteiger partial charge < -0.3 is 24.8 Å². The summed E-state index contributed by atoms with van der Waals surface area (Å²) in [6.07, 6.45) is 1.08. The molecule has 0 radical (unpaired) electrons. The summed E-state index contributed by atoms with van der Waals surface area (Å²) in [7, 11) is 0. The third-order valence-electron chi connectivity index (χ3n) is 6.67. The number of carbonyl (C=O) groups is 3. The lowest BCUT2D eigenvalue weighted by Gasteiger charge is -2.47. The molecule has 1 aliphatic carbocycles. The standard InChI is InChI=1S/C27H32N2O6/c1-3-8-18(13-24(30)29-16-27(2,17-29)35-15-25(31)32)28-26(33)34-14-23-21-11-6-4-9-19(21)20-10-5-7-12-22(20)23/h4-7,9-12,18,23H,3,8,13-17H2,1-2H3,(H,28,33)(H,31,32)/t18-/m1/s1. The highest BCUT2D eigenvalue weighted by atomic mass is 16.5. The molecule has 1 atom stereocenters. The van der Waals surface area contributed by atoms with Crippen molar-refractivity contribution in [3.8, 4) is 11.1 Å². The van der Waals surface area contributed by atoms with Crippen molar-refractivity contribution in [2.45, 2.75) is 50.7 Å². The molecule has 2 amide bonds. The van der Waals surface area contributed by atoms with Crippen LogP contribution in [0.25, 0.3) is 11.1 Å². The molecule has 35 heavy (non-hydrogen) atoms. The number of hydrogen-bond donors (Lipinski definition) is 2. The molecule has 1 heterocycles. The minimum atomic E-state index is -1.04. The lowest BCUT2D eigenvalue weighted by Crippen LogP contribution is -2.64. The Morgan fingerprint density at radius 1 is 1.09 bits per heavy atom. The maximum absolute atomic E-state index is 12.7. The van der Waals surface area contributed by atoms with Crippen LogP contribution in [0.1, 0.15) is 50.2 Å². The second-order valence-corrected chi connectivity index (χ2v) is 9.54. The molecule has 2 aliphatic rings. The van der Waals surface area contributed by atoms with Gasteiger partial charge in [-0.3, -0.25) is 4.79 Å². The third kappa shape index (κ3) is 5.65. The number of amides is 2. The van der Waals surface area contributed by atoms with E-state index in [1.54, 1.807) is 11.8 Å². The van der Waals surface area contributed by atoms with Crippen molar-refractivity contribution in [3.05, 3.63) is 59.7 Å². The molecule has 1 aliphatic heterocycles. The van der Waals surface area contributed by atoms with Gasteiger partial charge in [0.1, 0.15) is 18.8 Å². The van der Waals surface area contributed by atoms with Crippen LogP contribution in [0.4, 0.5) is 4.79 Å². The Balaban J connectivity index is 1.30. The molecule has 0 unspecified atom stereocenters. The number of benzene rings is 2. The Kier molecular flexibility index (Phi) is 7.40. The van der Waals surface area contributed by atoms with Crippen molar-refractivity contribution in [2.24, 2.45) is 0 Å². The monoisotopic (exact) mass is 480 g/mol. The largest absolute Gasteiger partial charge is 0.480 e. The number of carboxylic acids is 1. The molecule has 8 heteroatoms. The summed E-state index contributed by atoms with van der Waals surface area (Å²) < 4.78 is 11.0. The minimum absolute atomic E-state index is 0.0241. The first-order valence-corrected chi connectivity index (χ1v) is 12.0. The van der Waals surface area contributed by atoms with Gasteiger partial charge in [0.2, 0.25) is 5.91 Å². The number of rotatable bonds is 10. The molecule has 2 aromatic rings. The van der Waals surface area contributed by atoms with Crippen molar-refractivity contribution >= 4 is 18.0 Å². The van der Waals surface area contributed by atoms with Crippen molar-refractivity contribution < 1.29 is 29.0 Å². The molecule has 2 N–H and O–H groups in total. The summed E-state index contributed by atoms with van der Waals surface area (Å²) in [5.41, 5.74) is 3.98. The van der Waals surface area contributed by atoms with Gasteiger partial charge in [0, 0.05) is 18.4 Å². The van der Waals surface area contributed by atoms with Crippen LogP contribution in [0.5, 0.6) is 0 Å². The number of nitrogens with one attached hydrogen (secondary N) is 1. The Bertz CT molecular complexity index is 1050. The smallest absolute Gasteiger partial charge is 0.407 e. The molecule has 1 fully saturated rings. The summed E-state index contributed by atoms with van der Waals surface area (Å²) in [6.45, 7) is 4.29. The Labute approximate surface area is 205 Å². The van der Waals surface area contributed by atoms with Gasteiger partial charge in [-0.25, -0.2) is 9.59 Å². The van der Waals surface area contributed by atoms with Gasteiger partial charge in [-0.2, -0.15) is 0 Å². The minimum Gasteiger partial charge on any atom is -0.480 e. The molecule has 4 rings (SSSR count). The Morgan fingerprint density at radius 2 is 1.69 bits per heavy atom. The van der Waals surface area contributed by atoms with Crippen LogP contribution in [-0.4, -0.2) is 65.9 Å². The van der Waals surface area contributed by atoms with Gasteiger partial charge in [-0.1, -0.05) is 61.9 Å². The van der Waals surface area contributed by atoms with Crippen LogP contribution >= 0.6 is 0 Å². The number of alkyl carbamates (subject to hydrolysis) is 1. The van der Waals surface area contributed by atoms with Gasteiger partial charge in [-0.05, 0) is 35.6 Å². The van der Waals surface area contributed by atoms with Crippen LogP contribution in [0, 0.1) is 0 Å². The van der Waals surface area contributed by atoms with E-state index in [1.165, 1.54) is 11.1 Å². The maximum atomic E-state index is 12.7. The van der Waals surface area contributed by atoms with Crippen molar-refractivity contribution in [1.82, 2.24) is 10.2 Å². The van der Waals surface area contributed by atoms with E-state index < -0.39 is 17.7 Å². The summed E-state index contributed by atoms with van der Waals surface area (Å²) in [6, 6.07) is 16.0. The zero-order valence-corrected chi connectivity index (χ0v) is 20.2. The van der Waals surface area contributed by atoms with Crippen LogP contribution in [0.2, 0.25) is 0 Å². The highest BCUT2D eigenvalue weighted by Crippen LogP contribution is 2.44. The quantitative estimate of drug-likeness (QED) is 0.536. The van der Waals surface area contributed by atoms with Gasteiger partial charge in [0.25, 0.3) is 0 Å². The van der Waals surface area contributed by atoms with E-state index in [-0.39, 0.29) is 37.5 Å². The van der Waals surface area contributed by atoms with E-state index in [0.717, 1.165) is 17.5 Å². The lowest BCUT2D eigenvalue weighted by atomic mass is 9.95. The maximum Gasteiger partial charge on any atom is 0.407 e. The number of hydrogen-bond acceptors (Lipinski definition) is 5. The fraction of sp³-hybridized carbons (Fsp3) is 0.444. The van der Waals surface area contributed by atoms with E-state index in [1.807, 2.05) is 31.2 Å². The van der Waals surface area contributed by atoms with Crippen LogP contribution < -0.4 is 5.32 Å². The van der Waals surface area contributed by atoms with Gasteiger partial charge in [0.15, 0.2) is 0 Å². The average Bonchev–Trinajstić information content (AvgIpc) is 3.13. The Hall–Kier alpha value is -3.39. The molecule has 2 aromatic carbocycles. The van der Waals surface area contributed by atoms with E-state index in [9.17, 15) is 14.4 Å².